The first-order valence-electron chi connectivity index (χ1n) is 9.47. The minimum absolute atomic E-state index is 0.0226. The number of hydrogen-bond acceptors (Lipinski definition) is 6. The van der Waals surface area contributed by atoms with Gasteiger partial charge >= 0.3 is 0 Å². The van der Waals surface area contributed by atoms with Gasteiger partial charge in [0.25, 0.3) is 5.91 Å². The molecule has 4 heterocycles. The number of pyridine rings is 2. The van der Waals surface area contributed by atoms with E-state index in [9.17, 15) is 4.79 Å². The van der Waals surface area contributed by atoms with Crippen molar-refractivity contribution in [1.82, 2.24) is 24.8 Å². The molecule has 3 aromatic rings. The summed E-state index contributed by atoms with van der Waals surface area (Å²) >= 11 is 0. The quantitative estimate of drug-likeness (QED) is 0.739. The lowest BCUT2D eigenvalue weighted by molar-refractivity contribution is 0.0666. The van der Waals surface area contributed by atoms with Gasteiger partial charge in [-0.1, -0.05) is 12.1 Å². The number of anilines is 2. The zero-order chi connectivity index (χ0) is 19.2. The molecule has 1 aliphatic rings. The molecule has 1 aliphatic heterocycles. The van der Waals surface area contributed by atoms with Crippen LogP contribution in [0, 0.1) is 5.92 Å². The highest BCUT2D eigenvalue weighted by molar-refractivity contribution is 5.92. The number of hydrogen-bond donors (Lipinski definition) is 1. The van der Waals surface area contributed by atoms with E-state index in [0.717, 1.165) is 49.7 Å². The van der Waals surface area contributed by atoms with Gasteiger partial charge in [-0.15, -0.1) is 0 Å². The molecule has 1 fully saturated rings. The Hall–Kier alpha value is -3.35. The van der Waals surface area contributed by atoms with E-state index in [1.165, 1.54) is 6.33 Å². The second kappa shape index (κ2) is 8.56. The van der Waals surface area contributed by atoms with Crippen molar-refractivity contribution in [2.75, 3.05) is 18.4 Å². The van der Waals surface area contributed by atoms with Crippen molar-refractivity contribution < 1.29 is 4.79 Å². The molecule has 0 bridgehead atoms. The molecule has 1 saturated heterocycles. The lowest BCUT2D eigenvalue weighted by atomic mass is 9.93. The number of carbonyl (C=O) groups is 1. The molecule has 0 radical (unpaired) electrons. The molecule has 1 unspecified atom stereocenters. The van der Waals surface area contributed by atoms with Gasteiger partial charge in [-0.25, -0.2) is 19.9 Å². The van der Waals surface area contributed by atoms with Crippen LogP contribution in [0.2, 0.25) is 0 Å². The lowest BCUT2D eigenvalue weighted by Gasteiger charge is -2.32. The molecule has 28 heavy (non-hydrogen) atoms. The van der Waals surface area contributed by atoms with Crippen molar-refractivity contribution in [1.29, 1.82) is 0 Å². The van der Waals surface area contributed by atoms with Crippen LogP contribution >= 0.6 is 0 Å². The molecule has 1 amide bonds. The molecular weight excluding hydrogens is 352 g/mol. The molecule has 0 spiro atoms. The van der Waals surface area contributed by atoms with Gasteiger partial charge in [0.05, 0.1) is 0 Å². The number of nitrogens with zero attached hydrogens (tertiary/aromatic N) is 5. The third-order valence-electron chi connectivity index (χ3n) is 4.83. The van der Waals surface area contributed by atoms with Crippen LogP contribution < -0.4 is 5.32 Å². The minimum Gasteiger partial charge on any atom is -0.337 e. The van der Waals surface area contributed by atoms with Crippen LogP contribution in [0.5, 0.6) is 0 Å². The minimum atomic E-state index is -0.0226. The molecule has 0 saturated carbocycles. The second-order valence-electron chi connectivity index (χ2n) is 6.91. The predicted molar refractivity (Wildman–Crippen MR) is 106 cm³/mol. The van der Waals surface area contributed by atoms with Crippen molar-refractivity contribution in [2.45, 2.75) is 19.3 Å². The van der Waals surface area contributed by atoms with Crippen molar-refractivity contribution in [3.63, 3.8) is 0 Å². The van der Waals surface area contributed by atoms with Crippen molar-refractivity contribution in [3.8, 4) is 0 Å². The van der Waals surface area contributed by atoms with E-state index in [0.29, 0.717) is 11.6 Å². The van der Waals surface area contributed by atoms with Crippen molar-refractivity contribution in [3.05, 3.63) is 72.6 Å². The van der Waals surface area contributed by atoms with Gasteiger partial charge in [0.15, 0.2) is 0 Å². The Morgan fingerprint density at radius 1 is 1.07 bits per heavy atom. The van der Waals surface area contributed by atoms with E-state index in [1.807, 2.05) is 41.3 Å². The molecule has 1 N–H and O–H groups in total. The third kappa shape index (κ3) is 4.49. The van der Waals surface area contributed by atoms with Gasteiger partial charge in [-0.3, -0.25) is 4.79 Å². The standard InChI is InChI=1S/C21H22N6O/c28-21(18-9-11-22-15-24-18)27-12-4-5-16(14-27)13-17-6-3-8-20(25-17)26-19-7-1-2-10-23-19/h1-3,6-11,15-16H,4-5,12-14H2,(H,23,25,26). The van der Waals surface area contributed by atoms with Crippen LogP contribution in [-0.2, 0) is 6.42 Å². The van der Waals surface area contributed by atoms with Crippen LogP contribution in [0.15, 0.2) is 61.2 Å². The molecule has 0 aromatic carbocycles. The lowest BCUT2D eigenvalue weighted by Crippen LogP contribution is -2.40. The molecule has 4 rings (SSSR count). The number of likely N-dealkylation sites (tertiary alicyclic amines) is 1. The number of amides is 1. The topological polar surface area (TPSA) is 83.9 Å². The van der Waals surface area contributed by atoms with Gasteiger partial charge in [-0.2, -0.15) is 0 Å². The summed E-state index contributed by atoms with van der Waals surface area (Å²) in [6.45, 7) is 1.50. The summed E-state index contributed by atoms with van der Waals surface area (Å²) in [6.07, 6.45) is 7.69. The highest BCUT2D eigenvalue weighted by Gasteiger charge is 2.25. The van der Waals surface area contributed by atoms with Crippen LogP contribution in [0.1, 0.15) is 29.0 Å². The van der Waals surface area contributed by atoms with Crippen LogP contribution in [-0.4, -0.2) is 43.8 Å². The van der Waals surface area contributed by atoms with E-state index in [2.05, 4.69) is 20.3 Å². The number of aromatic nitrogens is 4. The summed E-state index contributed by atoms with van der Waals surface area (Å²) in [5.41, 5.74) is 1.47. The number of nitrogens with one attached hydrogen (secondary N) is 1. The maximum Gasteiger partial charge on any atom is 0.272 e. The van der Waals surface area contributed by atoms with Crippen LogP contribution in [0.25, 0.3) is 0 Å². The number of piperidine rings is 1. The molecule has 7 heteroatoms. The van der Waals surface area contributed by atoms with E-state index in [4.69, 9.17) is 4.98 Å². The zero-order valence-corrected chi connectivity index (χ0v) is 15.5. The average Bonchev–Trinajstić information content (AvgIpc) is 2.75. The molecule has 1 atom stereocenters. The number of rotatable bonds is 5. The van der Waals surface area contributed by atoms with Crippen molar-refractivity contribution >= 4 is 17.5 Å². The fourth-order valence-electron chi connectivity index (χ4n) is 3.52. The first kappa shape index (κ1) is 18.0. The summed E-state index contributed by atoms with van der Waals surface area (Å²) in [5.74, 6) is 1.91. The van der Waals surface area contributed by atoms with Crippen molar-refractivity contribution in [2.24, 2.45) is 5.92 Å². The predicted octanol–water partition coefficient (Wildman–Crippen LogP) is 3.11. The third-order valence-corrected chi connectivity index (χ3v) is 4.83. The smallest absolute Gasteiger partial charge is 0.272 e. The summed E-state index contributed by atoms with van der Waals surface area (Å²) in [4.78, 5) is 31.5. The van der Waals surface area contributed by atoms with Gasteiger partial charge in [0.1, 0.15) is 23.7 Å². The Labute approximate surface area is 163 Å². The van der Waals surface area contributed by atoms with Gasteiger partial charge < -0.3 is 10.2 Å². The Morgan fingerprint density at radius 2 is 2.00 bits per heavy atom. The monoisotopic (exact) mass is 374 g/mol. The van der Waals surface area contributed by atoms with E-state index in [1.54, 1.807) is 18.5 Å². The number of carbonyl (C=O) groups excluding carboxylic acids is 1. The first-order valence-corrected chi connectivity index (χ1v) is 9.47. The molecular formula is C21H22N6O. The second-order valence-corrected chi connectivity index (χ2v) is 6.91. The fourth-order valence-corrected chi connectivity index (χ4v) is 3.52. The summed E-state index contributed by atoms with van der Waals surface area (Å²) in [6, 6.07) is 13.4. The fraction of sp³-hybridized carbons (Fsp3) is 0.286. The first-order chi connectivity index (χ1) is 13.8. The van der Waals surface area contributed by atoms with Crippen LogP contribution in [0.3, 0.4) is 0 Å². The highest BCUT2D eigenvalue weighted by atomic mass is 16.2. The Bertz CT molecular complexity index is 918. The summed E-state index contributed by atoms with van der Waals surface area (Å²) in [5, 5.41) is 3.23. The van der Waals surface area contributed by atoms with E-state index in [-0.39, 0.29) is 5.91 Å². The molecule has 7 nitrogen and oxygen atoms in total. The average molecular weight is 374 g/mol. The molecule has 142 valence electrons. The normalized spacial score (nSPS) is 16.6. The summed E-state index contributed by atoms with van der Waals surface area (Å²) in [7, 11) is 0. The Balaban J connectivity index is 1.40. The SMILES string of the molecule is O=C(c1ccncn1)N1CCCC(Cc2cccc(Nc3ccccn3)n2)C1. The largest absolute Gasteiger partial charge is 0.337 e. The summed E-state index contributed by atoms with van der Waals surface area (Å²) < 4.78 is 0. The molecule has 0 aliphatic carbocycles. The van der Waals surface area contributed by atoms with E-state index < -0.39 is 0 Å². The maximum atomic E-state index is 12.7. The van der Waals surface area contributed by atoms with Crippen LogP contribution in [0.4, 0.5) is 11.6 Å². The Kier molecular flexibility index (Phi) is 5.51. The maximum absolute atomic E-state index is 12.7. The van der Waals surface area contributed by atoms with Gasteiger partial charge in [-0.05, 0) is 55.5 Å². The van der Waals surface area contributed by atoms with E-state index >= 15 is 0 Å². The van der Waals surface area contributed by atoms with Gasteiger partial charge in [0.2, 0.25) is 0 Å². The Morgan fingerprint density at radius 3 is 2.82 bits per heavy atom. The zero-order valence-electron chi connectivity index (χ0n) is 15.5. The molecule has 3 aromatic heterocycles. The highest BCUT2D eigenvalue weighted by Crippen LogP contribution is 2.22. The van der Waals surface area contributed by atoms with Gasteiger partial charge in [0, 0.05) is 31.2 Å².